The number of hydrogen-bond donors (Lipinski definition) is 2. The summed E-state index contributed by atoms with van der Waals surface area (Å²) in [5.74, 6) is 0.693. The Balaban J connectivity index is 2.60. The van der Waals surface area contributed by atoms with E-state index in [0.29, 0.717) is 11.3 Å². The first-order valence-corrected chi connectivity index (χ1v) is 3.51. The Morgan fingerprint density at radius 1 is 1.46 bits per heavy atom. The van der Waals surface area contributed by atoms with Crippen LogP contribution in [-0.2, 0) is 0 Å². The van der Waals surface area contributed by atoms with Gasteiger partial charge in [-0.05, 0) is 0 Å². The second-order valence-electron chi connectivity index (χ2n) is 2.38. The molecular formula is C7H6N4O2. The first-order valence-electron chi connectivity index (χ1n) is 3.51. The summed E-state index contributed by atoms with van der Waals surface area (Å²) in [6.45, 7) is 0. The van der Waals surface area contributed by atoms with Gasteiger partial charge in [-0.15, -0.1) is 0 Å². The van der Waals surface area contributed by atoms with Crippen molar-refractivity contribution in [3.8, 4) is 11.3 Å². The molecular weight excluding hydrogens is 172 g/mol. The summed E-state index contributed by atoms with van der Waals surface area (Å²) in [7, 11) is 0. The average molecular weight is 178 g/mol. The molecule has 0 radical (unpaired) electrons. The summed E-state index contributed by atoms with van der Waals surface area (Å²) >= 11 is 0. The monoisotopic (exact) mass is 178 g/mol. The van der Waals surface area contributed by atoms with Crippen molar-refractivity contribution >= 4 is 5.82 Å². The lowest BCUT2D eigenvalue weighted by molar-refractivity contribution is 0.571. The molecule has 0 aliphatic rings. The van der Waals surface area contributed by atoms with Gasteiger partial charge in [-0.2, -0.15) is 0 Å². The number of hydrogen-bond acceptors (Lipinski definition) is 5. The summed E-state index contributed by atoms with van der Waals surface area (Å²) in [4.78, 5) is 20.3. The molecule has 0 amide bonds. The van der Waals surface area contributed by atoms with Crippen molar-refractivity contribution in [3.63, 3.8) is 0 Å². The first-order chi connectivity index (χ1) is 6.27. The standard InChI is InChI=1S/C7H6N4O2/c8-6-4(1-10-7(12)11-6)5-2-9-3-13-5/h1-3H,(H3,8,10,11,12). The number of nitrogens with two attached hydrogens (primary N) is 1. The Hall–Kier alpha value is -2.11. The van der Waals surface area contributed by atoms with E-state index in [1.165, 1.54) is 18.8 Å². The van der Waals surface area contributed by atoms with Gasteiger partial charge in [0, 0.05) is 6.20 Å². The molecule has 0 atom stereocenters. The van der Waals surface area contributed by atoms with Crippen LogP contribution in [0.15, 0.2) is 28.0 Å². The lowest BCUT2D eigenvalue weighted by Gasteiger charge is -1.98. The van der Waals surface area contributed by atoms with Crippen LogP contribution in [0.4, 0.5) is 5.82 Å². The van der Waals surface area contributed by atoms with Gasteiger partial charge in [0.1, 0.15) is 5.82 Å². The van der Waals surface area contributed by atoms with Crippen molar-refractivity contribution in [2.75, 3.05) is 5.73 Å². The molecule has 66 valence electrons. The van der Waals surface area contributed by atoms with E-state index in [2.05, 4.69) is 15.0 Å². The molecule has 0 saturated heterocycles. The summed E-state index contributed by atoms with van der Waals surface area (Å²) < 4.78 is 4.99. The lowest BCUT2D eigenvalue weighted by Crippen LogP contribution is -2.12. The van der Waals surface area contributed by atoms with Crippen LogP contribution in [0.5, 0.6) is 0 Å². The normalized spacial score (nSPS) is 10.2. The van der Waals surface area contributed by atoms with Crippen LogP contribution in [0.3, 0.4) is 0 Å². The molecule has 0 aliphatic heterocycles. The molecule has 13 heavy (non-hydrogen) atoms. The van der Waals surface area contributed by atoms with Gasteiger partial charge in [-0.1, -0.05) is 0 Å². The van der Waals surface area contributed by atoms with Gasteiger partial charge < -0.3 is 10.2 Å². The third-order valence-electron chi connectivity index (χ3n) is 1.54. The van der Waals surface area contributed by atoms with Crippen LogP contribution < -0.4 is 11.4 Å². The number of aromatic nitrogens is 3. The van der Waals surface area contributed by atoms with Crippen LogP contribution in [-0.4, -0.2) is 15.0 Å². The Labute approximate surface area is 72.4 Å². The van der Waals surface area contributed by atoms with E-state index >= 15 is 0 Å². The molecule has 6 heteroatoms. The fourth-order valence-corrected chi connectivity index (χ4v) is 0.953. The van der Waals surface area contributed by atoms with Gasteiger partial charge in [0.05, 0.1) is 11.8 Å². The highest BCUT2D eigenvalue weighted by Crippen LogP contribution is 2.20. The third-order valence-corrected chi connectivity index (χ3v) is 1.54. The van der Waals surface area contributed by atoms with Gasteiger partial charge in [0.2, 0.25) is 0 Å². The number of H-pyrrole nitrogens is 1. The minimum atomic E-state index is -0.485. The van der Waals surface area contributed by atoms with Crippen LogP contribution in [0.25, 0.3) is 11.3 Å². The quantitative estimate of drug-likeness (QED) is 0.640. The minimum Gasteiger partial charge on any atom is -0.443 e. The maximum Gasteiger partial charge on any atom is 0.346 e. The second-order valence-corrected chi connectivity index (χ2v) is 2.38. The lowest BCUT2D eigenvalue weighted by atomic mass is 10.2. The number of nitrogen functional groups attached to an aromatic ring is 1. The Bertz CT molecular complexity index is 460. The van der Waals surface area contributed by atoms with E-state index < -0.39 is 5.69 Å². The van der Waals surface area contributed by atoms with Crippen molar-refractivity contribution in [1.82, 2.24) is 15.0 Å². The average Bonchev–Trinajstić information content (AvgIpc) is 2.56. The van der Waals surface area contributed by atoms with Crippen molar-refractivity contribution in [2.45, 2.75) is 0 Å². The van der Waals surface area contributed by atoms with Gasteiger partial charge in [-0.3, -0.25) is 4.98 Å². The molecule has 0 fully saturated rings. The fourth-order valence-electron chi connectivity index (χ4n) is 0.953. The zero-order valence-electron chi connectivity index (χ0n) is 6.52. The molecule has 0 saturated carbocycles. The molecule has 0 spiro atoms. The summed E-state index contributed by atoms with van der Waals surface area (Å²) in [6, 6.07) is 0. The minimum absolute atomic E-state index is 0.219. The maximum atomic E-state index is 10.7. The topological polar surface area (TPSA) is 97.8 Å². The molecule has 2 aromatic rings. The second kappa shape index (κ2) is 2.74. The number of nitrogens with one attached hydrogen (secondary N) is 1. The number of oxazole rings is 1. The highest BCUT2D eigenvalue weighted by Gasteiger charge is 2.06. The SMILES string of the molecule is Nc1[nH]c(=O)ncc1-c1cnco1. The van der Waals surface area contributed by atoms with Crippen LogP contribution >= 0.6 is 0 Å². The van der Waals surface area contributed by atoms with Crippen molar-refractivity contribution < 1.29 is 4.42 Å². The van der Waals surface area contributed by atoms with Crippen molar-refractivity contribution in [2.24, 2.45) is 0 Å². The van der Waals surface area contributed by atoms with Gasteiger partial charge in [0.15, 0.2) is 12.2 Å². The van der Waals surface area contributed by atoms with Crippen LogP contribution in [0.2, 0.25) is 0 Å². The van der Waals surface area contributed by atoms with Gasteiger partial charge in [0.25, 0.3) is 0 Å². The van der Waals surface area contributed by atoms with E-state index in [0.717, 1.165) is 0 Å². The van der Waals surface area contributed by atoms with E-state index in [4.69, 9.17) is 10.2 Å². The maximum absolute atomic E-state index is 10.7. The first kappa shape index (κ1) is 7.53. The zero-order valence-corrected chi connectivity index (χ0v) is 6.52. The van der Waals surface area contributed by atoms with E-state index in [-0.39, 0.29) is 5.82 Å². The molecule has 0 unspecified atom stereocenters. The van der Waals surface area contributed by atoms with Gasteiger partial charge >= 0.3 is 5.69 Å². The Morgan fingerprint density at radius 2 is 2.31 bits per heavy atom. The van der Waals surface area contributed by atoms with Gasteiger partial charge in [-0.25, -0.2) is 14.8 Å². The summed E-state index contributed by atoms with van der Waals surface area (Å²) in [5.41, 5.74) is 5.57. The Morgan fingerprint density at radius 3 is 2.92 bits per heavy atom. The van der Waals surface area contributed by atoms with Crippen molar-refractivity contribution in [1.29, 1.82) is 0 Å². The van der Waals surface area contributed by atoms with Crippen molar-refractivity contribution in [3.05, 3.63) is 29.3 Å². The number of anilines is 1. The molecule has 2 rings (SSSR count). The predicted octanol–water partition coefficient (Wildman–Crippen LogP) is 0.00710. The number of nitrogens with zero attached hydrogens (tertiary/aromatic N) is 2. The third kappa shape index (κ3) is 1.28. The molecule has 0 aliphatic carbocycles. The Kier molecular flexibility index (Phi) is 1.59. The highest BCUT2D eigenvalue weighted by molar-refractivity contribution is 5.67. The van der Waals surface area contributed by atoms with E-state index in [1.807, 2.05) is 0 Å². The molecule has 0 bridgehead atoms. The molecule has 2 aromatic heterocycles. The van der Waals surface area contributed by atoms with Crippen LogP contribution in [0.1, 0.15) is 0 Å². The summed E-state index contributed by atoms with van der Waals surface area (Å²) in [6.07, 6.45) is 4.11. The summed E-state index contributed by atoms with van der Waals surface area (Å²) in [5, 5.41) is 0. The molecule has 3 N–H and O–H groups in total. The van der Waals surface area contributed by atoms with E-state index in [9.17, 15) is 4.79 Å². The molecule has 2 heterocycles. The van der Waals surface area contributed by atoms with Crippen LogP contribution in [0, 0.1) is 0 Å². The molecule has 0 aromatic carbocycles. The smallest absolute Gasteiger partial charge is 0.346 e. The largest absolute Gasteiger partial charge is 0.443 e. The number of aromatic amines is 1. The zero-order chi connectivity index (χ0) is 9.26. The fraction of sp³-hybridized carbons (Fsp3) is 0. The predicted molar refractivity (Wildman–Crippen MR) is 44.8 cm³/mol. The molecule has 6 nitrogen and oxygen atoms in total. The van der Waals surface area contributed by atoms with E-state index in [1.54, 1.807) is 0 Å². The highest BCUT2D eigenvalue weighted by atomic mass is 16.3. The number of rotatable bonds is 1.